The van der Waals surface area contributed by atoms with Gasteiger partial charge in [-0.25, -0.2) is 0 Å². The highest BCUT2D eigenvalue weighted by Crippen LogP contribution is 2.29. The van der Waals surface area contributed by atoms with E-state index >= 15 is 0 Å². The molecule has 1 heterocycles. The third-order valence-corrected chi connectivity index (χ3v) is 3.06. The van der Waals surface area contributed by atoms with E-state index in [0.29, 0.717) is 4.47 Å². The Morgan fingerprint density at radius 3 is 2.70 bits per heavy atom. The van der Waals surface area contributed by atoms with Gasteiger partial charge in [-0.15, -0.1) is 0 Å². The SMILES string of the molecule is O=C(O)CCc1cc(=O)c2cc(Br)cc([N+](=O)[O-])c2o1. The minimum atomic E-state index is -1.04. The van der Waals surface area contributed by atoms with Crippen LogP contribution in [-0.2, 0) is 11.2 Å². The van der Waals surface area contributed by atoms with E-state index in [1.807, 2.05) is 0 Å². The Morgan fingerprint density at radius 2 is 2.10 bits per heavy atom. The molecule has 0 bridgehead atoms. The second kappa shape index (κ2) is 5.41. The smallest absolute Gasteiger partial charge is 0.313 e. The van der Waals surface area contributed by atoms with Gasteiger partial charge in [-0.05, 0) is 6.07 Å². The molecule has 0 aliphatic rings. The van der Waals surface area contributed by atoms with Gasteiger partial charge in [0.05, 0.1) is 16.7 Å². The number of nitrogens with zero attached hydrogens (tertiary/aromatic N) is 1. The minimum absolute atomic E-state index is 0.00622. The molecule has 0 amide bonds. The number of nitro groups is 1. The fourth-order valence-corrected chi connectivity index (χ4v) is 2.19. The van der Waals surface area contributed by atoms with Crippen LogP contribution < -0.4 is 5.43 Å². The van der Waals surface area contributed by atoms with Crippen LogP contribution in [0, 0.1) is 10.1 Å². The first-order valence-corrected chi connectivity index (χ1v) is 6.30. The van der Waals surface area contributed by atoms with Gasteiger partial charge in [0.25, 0.3) is 0 Å². The van der Waals surface area contributed by atoms with Crippen molar-refractivity contribution in [3.05, 3.63) is 48.8 Å². The first kappa shape index (κ1) is 14.2. The Labute approximate surface area is 120 Å². The van der Waals surface area contributed by atoms with E-state index in [9.17, 15) is 19.7 Å². The van der Waals surface area contributed by atoms with Gasteiger partial charge in [-0.2, -0.15) is 0 Å². The summed E-state index contributed by atoms with van der Waals surface area (Å²) in [5.74, 6) is -0.937. The van der Waals surface area contributed by atoms with E-state index in [2.05, 4.69) is 15.9 Å². The van der Waals surface area contributed by atoms with Gasteiger partial charge < -0.3 is 9.52 Å². The molecule has 1 N–H and O–H groups in total. The first-order valence-electron chi connectivity index (χ1n) is 5.51. The second-order valence-electron chi connectivity index (χ2n) is 4.03. The van der Waals surface area contributed by atoms with E-state index in [1.54, 1.807) is 0 Å². The molecule has 20 heavy (non-hydrogen) atoms. The first-order chi connectivity index (χ1) is 9.38. The largest absolute Gasteiger partial charge is 0.481 e. The molecule has 0 aliphatic carbocycles. The lowest BCUT2D eigenvalue weighted by Gasteiger charge is -2.03. The molecule has 104 valence electrons. The van der Waals surface area contributed by atoms with Gasteiger partial charge in [0.1, 0.15) is 5.76 Å². The summed E-state index contributed by atoms with van der Waals surface area (Å²) in [4.78, 5) is 32.8. The fourth-order valence-electron chi connectivity index (χ4n) is 1.74. The number of aryl methyl sites for hydroxylation is 1. The number of carbonyl (C=O) groups is 1. The Kier molecular flexibility index (Phi) is 3.84. The predicted octanol–water partition coefficient (Wildman–Crippen LogP) is 2.48. The Bertz CT molecular complexity index is 766. The van der Waals surface area contributed by atoms with E-state index < -0.39 is 16.3 Å². The van der Waals surface area contributed by atoms with Crippen LogP contribution in [0.2, 0.25) is 0 Å². The van der Waals surface area contributed by atoms with Crippen LogP contribution in [0.1, 0.15) is 12.2 Å². The van der Waals surface area contributed by atoms with Crippen molar-refractivity contribution in [2.45, 2.75) is 12.8 Å². The molecule has 0 aliphatic heterocycles. The number of fused-ring (bicyclic) bond motifs is 1. The van der Waals surface area contributed by atoms with Gasteiger partial charge in [0, 0.05) is 23.0 Å². The fraction of sp³-hybridized carbons (Fsp3) is 0.167. The number of hydrogen-bond donors (Lipinski definition) is 1. The molecule has 0 fully saturated rings. The minimum Gasteiger partial charge on any atom is -0.481 e. The summed E-state index contributed by atoms with van der Waals surface area (Å²) in [5.41, 5.74) is -0.939. The summed E-state index contributed by atoms with van der Waals surface area (Å²) in [5, 5.41) is 19.7. The average Bonchev–Trinajstić information content (AvgIpc) is 2.36. The third kappa shape index (κ3) is 2.85. The van der Waals surface area contributed by atoms with Crippen molar-refractivity contribution in [3.8, 4) is 0 Å². The number of benzene rings is 1. The molecular weight excluding hydrogens is 334 g/mol. The summed E-state index contributed by atoms with van der Waals surface area (Å²) < 4.78 is 5.71. The number of halogens is 1. The third-order valence-electron chi connectivity index (χ3n) is 2.61. The van der Waals surface area contributed by atoms with Crippen molar-refractivity contribution in [2.24, 2.45) is 0 Å². The van der Waals surface area contributed by atoms with Crippen LogP contribution in [-0.4, -0.2) is 16.0 Å². The Hall–Kier alpha value is -2.22. The zero-order chi connectivity index (χ0) is 14.9. The summed E-state index contributed by atoms with van der Waals surface area (Å²) in [6.45, 7) is 0. The molecule has 0 spiro atoms. The maximum Gasteiger partial charge on any atom is 0.313 e. The number of carboxylic acids is 1. The van der Waals surface area contributed by atoms with Crippen LogP contribution in [0.15, 0.2) is 31.9 Å². The summed E-state index contributed by atoms with van der Waals surface area (Å²) in [7, 11) is 0. The lowest BCUT2D eigenvalue weighted by Crippen LogP contribution is -2.05. The molecule has 0 unspecified atom stereocenters. The lowest BCUT2D eigenvalue weighted by molar-refractivity contribution is -0.383. The van der Waals surface area contributed by atoms with E-state index in [0.717, 1.165) is 6.07 Å². The number of rotatable bonds is 4. The number of hydrogen-bond acceptors (Lipinski definition) is 5. The van der Waals surface area contributed by atoms with Crippen LogP contribution in [0.5, 0.6) is 0 Å². The highest BCUT2D eigenvalue weighted by molar-refractivity contribution is 9.10. The Balaban J connectivity index is 2.65. The number of carboxylic acid groups (broad SMARTS) is 1. The quantitative estimate of drug-likeness (QED) is 0.675. The van der Waals surface area contributed by atoms with Crippen molar-refractivity contribution in [1.82, 2.24) is 0 Å². The zero-order valence-electron chi connectivity index (χ0n) is 9.96. The van der Waals surface area contributed by atoms with Crippen LogP contribution in [0.4, 0.5) is 5.69 Å². The monoisotopic (exact) mass is 341 g/mol. The van der Waals surface area contributed by atoms with Crippen LogP contribution in [0.3, 0.4) is 0 Å². The summed E-state index contributed by atoms with van der Waals surface area (Å²) in [6.07, 6.45) is -0.230. The molecule has 1 aromatic heterocycles. The molecule has 0 saturated heterocycles. The topological polar surface area (TPSA) is 111 Å². The molecule has 0 saturated carbocycles. The highest BCUT2D eigenvalue weighted by Gasteiger charge is 2.19. The van der Waals surface area contributed by atoms with Crippen molar-refractivity contribution in [2.75, 3.05) is 0 Å². The van der Waals surface area contributed by atoms with Crippen molar-refractivity contribution in [3.63, 3.8) is 0 Å². The van der Waals surface area contributed by atoms with E-state index in [-0.39, 0.29) is 35.3 Å². The number of non-ortho nitro benzene ring substituents is 1. The molecule has 0 atom stereocenters. The maximum atomic E-state index is 11.9. The molecule has 7 nitrogen and oxygen atoms in total. The van der Waals surface area contributed by atoms with E-state index in [1.165, 1.54) is 12.1 Å². The van der Waals surface area contributed by atoms with Gasteiger partial charge in [0.15, 0.2) is 5.43 Å². The van der Waals surface area contributed by atoms with E-state index in [4.69, 9.17) is 9.52 Å². The number of nitro benzene ring substituents is 1. The van der Waals surface area contributed by atoms with Crippen molar-refractivity contribution in [1.29, 1.82) is 0 Å². The van der Waals surface area contributed by atoms with Gasteiger partial charge in [0.2, 0.25) is 5.58 Å². The number of aliphatic carboxylic acids is 1. The summed E-state index contributed by atoms with van der Waals surface area (Å²) in [6, 6.07) is 3.81. The van der Waals surface area contributed by atoms with Gasteiger partial charge >= 0.3 is 11.7 Å². The molecular formula is C12H8BrNO6. The maximum absolute atomic E-state index is 11.9. The molecule has 2 rings (SSSR count). The van der Waals surface area contributed by atoms with Crippen molar-refractivity contribution < 1.29 is 19.2 Å². The van der Waals surface area contributed by atoms with Crippen LogP contribution in [0.25, 0.3) is 11.0 Å². The molecule has 1 aromatic carbocycles. The van der Waals surface area contributed by atoms with Crippen molar-refractivity contribution >= 4 is 38.6 Å². The Morgan fingerprint density at radius 1 is 1.40 bits per heavy atom. The van der Waals surface area contributed by atoms with Gasteiger partial charge in [-0.1, -0.05) is 15.9 Å². The predicted molar refractivity (Wildman–Crippen MR) is 72.8 cm³/mol. The molecule has 8 heteroatoms. The standard InChI is InChI=1S/C12H8BrNO6/c13-6-3-8-10(15)5-7(1-2-11(16)17)20-12(8)9(4-6)14(18)19/h3-5H,1-2H2,(H,16,17). The normalized spacial score (nSPS) is 10.7. The molecule has 2 aromatic rings. The van der Waals surface area contributed by atoms with Gasteiger partial charge in [-0.3, -0.25) is 19.7 Å². The molecule has 0 radical (unpaired) electrons. The zero-order valence-corrected chi connectivity index (χ0v) is 11.5. The second-order valence-corrected chi connectivity index (χ2v) is 4.95. The average molecular weight is 342 g/mol. The summed E-state index contributed by atoms with van der Waals surface area (Å²) >= 11 is 3.09. The van der Waals surface area contributed by atoms with Crippen LogP contribution >= 0.6 is 15.9 Å². The highest BCUT2D eigenvalue weighted by atomic mass is 79.9. The lowest BCUT2D eigenvalue weighted by atomic mass is 10.1.